The van der Waals surface area contributed by atoms with E-state index >= 15 is 0 Å². The smallest absolute Gasteiger partial charge is 0.410 e. The van der Waals surface area contributed by atoms with Crippen molar-refractivity contribution >= 4 is 6.09 Å². The van der Waals surface area contributed by atoms with Crippen molar-refractivity contribution in [3.05, 3.63) is 23.8 Å². The van der Waals surface area contributed by atoms with Gasteiger partial charge in [0.15, 0.2) is 11.5 Å². The first-order valence-corrected chi connectivity index (χ1v) is 7.73. The van der Waals surface area contributed by atoms with Gasteiger partial charge in [-0.05, 0) is 51.4 Å². The van der Waals surface area contributed by atoms with Crippen LogP contribution in [-0.2, 0) is 11.3 Å². The average Bonchev–Trinajstić information content (AvgIpc) is 2.46. The Bertz CT molecular complexity index is 512. The molecule has 2 N–H and O–H groups in total. The Morgan fingerprint density at radius 2 is 2.04 bits per heavy atom. The van der Waals surface area contributed by atoms with E-state index in [9.17, 15) is 9.90 Å². The molecule has 1 amide bonds. The lowest BCUT2D eigenvalue weighted by Crippen LogP contribution is -2.35. The first-order chi connectivity index (χ1) is 10.7. The highest BCUT2D eigenvalue weighted by atomic mass is 16.6. The van der Waals surface area contributed by atoms with Crippen molar-refractivity contribution in [2.24, 2.45) is 0 Å². The molecule has 1 rings (SSSR count). The third-order valence-corrected chi connectivity index (χ3v) is 3.13. The Kier molecular flexibility index (Phi) is 7.16. The number of carbonyl (C=O) groups is 1. The second-order valence-electron chi connectivity index (χ2n) is 6.44. The van der Waals surface area contributed by atoms with Crippen LogP contribution in [0.4, 0.5) is 4.79 Å². The van der Waals surface area contributed by atoms with E-state index in [0.29, 0.717) is 18.8 Å². The van der Waals surface area contributed by atoms with Crippen molar-refractivity contribution in [1.29, 1.82) is 0 Å². The summed E-state index contributed by atoms with van der Waals surface area (Å²) in [5, 5.41) is 12.8. The molecule has 1 aromatic carbocycles. The molecular formula is C17H28N2O4. The van der Waals surface area contributed by atoms with Crippen molar-refractivity contribution in [3.63, 3.8) is 0 Å². The van der Waals surface area contributed by atoms with Gasteiger partial charge in [0.25, 0.3) is 0 Å². The summed E-state index contributed by atoms with van der Waals surface area (Å²) in [6.45, 7) is 7.63. The lowest BCUT2D eigenvalue weighted by atomic mass is 10.2. The number of methoxy groups -OCH3 is 1. The molecule has 0 aromatic heterocycles. The van der Waals surface area contributed by atoms with E-state index in [4.69, 9.17) is 9.47 Å². The summed E-state index contributed by atoms with van der Waals surface area (Å²) < 4.78 is 10.4. The van der Waals surface area contributed by atoms with Crippen molar-refractivity contribution in [1.82, 2.24) is 10.2 Å². The molecule has 0 saturated carbocycles. The van der Waals surface area contributed by atoms with Crippen LogP contribution in [0.3, 0.4) is 0 Å². The molecule has 6 heteroatoms. The molecule has 0 fully saturated rings. The van der Waals surface area contributed by atoms with E-state index in [1.807, 2.05) is 26.8 Å². The predicted molar refractivity (Wildman–Crippen MR) is 89.8 cm³/mol. The van der Waals surface area contributed by atoms with Gasteiger partial charge in [0.05, 0.1) is 7.11 Å². The molecule has 0 spiro atoms. The van der Waals surface area contributed by atoms with Gasteiger partial charge in [-0.3, -0.25) is 0 Å². The molecule has 0 aliphatic carbocycles. The highest BCUT2D eigenvalue weighted by molar-refractivity contribution is 5.67. The summed E-state index contributed by atoms with van der Waals surface area (Å²) in [5.41, 5.74) is 0.557. The van der Waals surface area contributed by atoms with Crippen LogP contribution in [0, 0.1) is 0 Å². The highest BCUT2D eigenvalue weighted by Crippen LogP contribution is 2.26. The van der Waals surface area contributed by atoms with Crippen LogP contribution in [0.25, 0.3) is 0 Å². The third-order valence-electron chi connectivity index (χ3n) is 3.13. The summed E-state index contributed by atoms with van der Waals surface area (Å²) in [5.74, 6) is 0.601. The van der Waals surface area contributed by atoms with Crippen molar-refractivity contribution in [2.75, 3.05) is 27.2 Å². The molecule has 0 saturated heterocycles. The number of hydrogen-bond donors (Lipinski definition) is 2. The average molecular weight is 324 g/mol. The van der Waals surface area contributed by atoms with Crippen molar-refractivity contribution in [2.45, 2.75) is 39.3 Å². The number of rotatable bonds is 7. The maximum absolute atomic E-state index is 11.8. The zero-order valence-corrected chi connectivity index (χ0v) is 14.7. The minimum atomic E-state index is -0.471. The first kappa shape index (κ1) is 19.1. The Morgan fingerprint density at radius 3 is 2.65 bits per heavy atom. The van der Waals surface area contributed by atoms with E-state index in [1.54, 1.807) is 24.1 Å². The summed E-state index contributed by atoms with van der Waals surface area (Å²) >= 11 is 0. The molecule has 0 radical (unpaired) electrons. The van der Waals surface area contributed by atoms with Crippen LogP contribution in [0.2, 0.25) is 0 Å². The van der Waals surface area contributed by atoms with Crippen LogP contribution >= 0.6 is 0 Å². The van der Waals surface area contributed by atoms with Gasteiger partial charge in [-0.1, -0.05) is 6.07 Å². The van der Waals surface area contributed by atoms with Gasteiger partial charge in [0, 0.05) is 20.1 Å². The number of carbonyl (C=O) groups excluding carboxylic acids is 1. The van der Waals surface area contributed by atoms with Crippen LogP contribution in [0.15, 0.2) is 18.2 Å². The molecule has 6 nitrogen and oxygen atoms in total. The topological polar surface area (TPSA) is 71.0 Å². The lowest BCUT2D eigenvalue weighted by molar-refractivity contribution is 0.0297. The van der Waals surface area contributed by atoms with Gasteiger partial charge in [-0.2, -0.15) is 0 Å². The Morgan fingerprint density at radius 1 is 1.35 bits per heavy atom. The maximum atomic E-state index is 11.8. The van der Waals surface area contributed by atoms with Gasteiger partial charge >= 0.3 is 6.09 Å². The molecule has 23 heavy (non-hydrogen) atoms. The van der Waals surface area contributed by atoms with Gasteiger partial charge in [0.1, 0.15) is 5.60 Å². The first-order valence-electron chi connectivity index (χ1n) is 7.73. The van der Waals surface area contributed by atoms with Crippen molar-refractivity contribution < 1.29 is 19.4 Å². The zero-order chi connectivity index (χ0) is 17.5. The molecule has 0 unspecified atom stereocenters. The molecule has 0 bridgehead atoms. The zero-order valence-electron chi connectivity index (χ0n) is 14.7. The number of nitrogens with zero attached hydrogens (tertiary/aromatic N) is 1. The minimum absolute atomic E-state index is 0.134. The summed E-state index contributed by atoms with van der Waals surface area (Å²) in [4.78, 5) is 13.4. The SMILES string of the molecule is COc1cc(CNCCCN(C)C(=O)OC(C)(C)C)ccc1O. The predicted octanol–water partition coefficient (Wildman–Crippen LogP) is 2.75. The molecule has 0 atom stereocenters. The Hall–Kier alpha value is -1.95. The van der Waals surface area contributed by atoms with Crippen LogP contribution in [0.1, 0.15) is 32.8 Å². The number of ether oxygens (including phenoxy) is 2. The molecule has 0 aliphatic heterocycles. The molecule has 1 aromatic rings. The van der Waals surface area contributed by atoms with Crippen LogP contribution in [-0.4, -0.2) is 48.9 Å². The monoisotopic (exact) mass is 324 g/mol. The summed E-state index contributed by atoms with van der Waals surface area (Å²) in [6, 6.07) is 5.26. The Balaban J connectivity index is 2.26. The van der Waals surface area contributed by atoms with E-state index in [0.717, 1.165) is 18.5 Å². The van der Waals surface area contributed by atoms with Crippen LogP contribution in [0.5, 0.6) is 11.5 Å². The van der Waals surface area contributed by atoms with Gasteiger partial charge in [-0.25, -0.2) is 4.79 Å². The number of phenols is 1. The van der Waals surface area contributed by atoms with Gasteiger partial charge in [0.2, 0.25) is 0 Å². The minimum Gasteiger partial charge on any atom is -0.504 e. The number of phenolic OH excluding ortho intramolecular Hbond substituents is 1. The van der Waals surface area contributed by atoms with E-state index in [1.165, 1.54) is 7.11 Å². The maximum Gasteiger partial charge on any atom is 0.410 e. The largest absolute Gasteiger partial charge is 0.504 e. The molecule has 0 aliphatic rings. The van der Waals surface area contributed by atoms with Gasteiger partial charge in [-0.15, -0.1) is 0 Å². The second-order valence-corrected chi connectivity index (χ2v) is 6.44. The number of aromatic hydroxyl groups is 1. The molecular weight excluding hydrogens is 296 g/mol. The van der Waals surface area contributed by atoms with Gasteiger partial charge < -0.3 is 24.8 Å². The second kappa shape index (κ2) is 8.62. The third kappa shape index (κ3) is 7.23. The van der Waals surface area contributed by atoms with E-state index in [2.05, 4.69) is 5.32 Å². The summed E-state index contributed by atoms with van der Waals surface area (Å²) in [6.07, 6.45) is 0.520. The quantitative estimate of drug-likeness (QED) is 0.755. The van der Waals surface area contributed by atoms with Crippen LogP contribution < -0.4 is 10.1 Å². The number of hydrogen-bond acceptors (Lipinski definition) is 5. The summed E-state index contributed by atoms with van der Waals surface area (Å²) in [7, 11) is 3.26. The van der Waals surface area contributed by atoms with E-state index in [-0.39, 0.29) is 11.8 Å². The van der Waals surface area contributed by atoms with Crippen molar-refractivity contribution in [3.8, 4) is 11.5 Å². The normalized spacial score (nSPS) is 11.2. The fourth-order valence-electron chi connectivity index (χ4n) is 1.94. The number of benzene rings is 1. The standard InChI is InChI=1S/C17H28N2O4/c1-17(2,3)23-16(21)19(4)10-6-9-18-12-13-7-8-14(20)15(11-13)22-5/h7-8,11,18,20H,6,9-10,12H2,1-5H3. The fraction of sp³-hybridized carbons (Fsp3) is 0.588. The lowest BCUT2D eigenvalue weighted by Gasteiger charge is -2.24. The Labute approximate surface area is 138 Å². The number of nitrogens with one attached hydrogen (secondary N) is 1. The fourth-order valence-corrected chi connectivity index (χ4v) is 1.94. The highest BCUT2D eigenvalue weighted by Gasteiger charge is 2.18. The molecule has 0 heterocycles. The van der Waals surface area contributed by atoms with E-state index < -0.39 is 5.60 Å². The molecule has 130 valence electrons. The number of amides is 1.